The Morgan fingerprint density at radius 1 is 1.35 bits per heavy atom. The molecule has 0 aliphatic heterocycles. The minimum atomic E-state index is -0.463. The summed E-state index contributed by atoms with van der Waals surface area (Å²) in [6.45, 7) is 5.82. The highest BCUT2D eigenvalue weighted by atomic mass is 16.6. The summed E-state index contributed by atoms with van der Waals surface area (Å²) in [5.74, 6) is 0.348. The van der Waals surface area contributed by atoms with Crippen LogP contribution in [0.4, 0.5) is 11.5 Å². The maximum atomic E-state index is 12.0. The molecule has 0 spiro atoms. The molecule has 1 aromatic heterocycles. The summed E-state index contributed by atoms with van der Waals surface area (Å²) >= 11 is 0. The van der Waals surface area contributed by atoms with Gasteiger partial charge in [-0.3, -0.25) is 14.9 Å². The van der Waals surface area contributed by atoms with Gasteiger partial charge in [0.25, 0.3) is 5.69 Å². The zero-order valence-corrected chi connectivity index (χ0v) is 13.2. The van der Waals surface area contributed by atoms with E-state index in [1.165, 1.54) is 18.2 Å². The lowest BCUT2D eigenvalue weighted by Crippen LogP contribution is -2.14. The first kappa shape index (κ1) is 16.4. The van der Waals surface area contributed by atoms with Crippen LogP contribution >= 0.6 is 0 Å². The first-order valence-electron chi connectivity index (χ1n) is 7.16. The molecule has 0 aliphatic rings. The molecule has 1 N–H and O–H groups in total. The average molecular weight is 314 g/mol. The number of aryl methyl sites for hydroxylation is 1. The summed E-state index contributed by atoms with van der Waals surface area (Å²) in [5.41, 5.74) is 1.55. The van der Waals surface area contributed by atoms with Gasteiger partial charge in [0.2, 0.25) is 5.91 Å². The van der Waals surface area contributed by atoms with Gasteiger partial charge in [0.05, 0.1) is 10.6 Å². The van der Waals surface area contributed by atoms with Crippen LogP contribution in [0.15, 0.2) is 36.4 Å². The molecule has 23 heavy (non-hydrogen) atoms. The smallest absolute Gasteiger partial charge is 0.269 e. The van der Waals surface area contributed by atoms with E-state index in [1.54, 1.807) is 29.0 Å². The summed E-state index contributed by atoms with van der Waals surface area (Å²) in [7, 11) is 0. The average Bonchev–Trinajstić information content (AvgIpc) is 2.86. The molecule has 0 saturated heterocycles. The van der Waals surface area contributed by atoms with E-state index in [-0.39, 0.29) is 17.6 Å². The normalized spacial score (nSPS) is 11.1. The van der Waals surface area contributed by atoms with Crippen molar-refractivity contribution in [1.29, 1.82) is 0 Å². The van der Waals surface area contributed by atoms with Crippen LogP contribution in [-0.4, -0.2) is 20.6 Å². The maximum Gasteiger partial charge on any atom is 0.269 e. The molecule has 1 amide bonds. The second-order valence-corrected chi connectivity index (χ2v) is 5.38. The monoisotopic (exact) mass is 314 g/mol. The van der Waals surface area contributed by atoms with Gasteiger partial charge < -0.3 is 5.32 Å². The van der Waals surface area contributed by atoms with Crippen molar-refractivity contribution >= 4 is 23.5 Å². The summed E-state index contributed by atoms with van der Waals surface area (Å²) in [5, 5.41) is 17.7. The van der Waals surface area contributed by atoms with Crippen molar-refractivity contribution in [3.05, 3.63) is 57.8 Å². The van der Waals surface area contributed by atoms with Crippen LogP contribution < -0.4 is 5.32 Å². The number of nitro benzene ring substituents is 1. The SMILES string of the molecule is Cc1cc(NC(=O)/C=C\c2ccc([N+](=O)[O-])cc2)n(C(C)C)n1. The number of carbonyl (C=O) groups excluding carboxylic acids is 1. The minimum Gasteiger partial charge on any atom is -0.307 e. The first-order chi connectivity index (χ1) is 10.9. The molecule has 7 heteroatoms. The Labute approximate surface area is 133 Å². The van der Waals surface area contributed by atoms with Crippen molar-refractivity contribution in [2.75, 3.05) is 5.32 Å². The standard InChI is InChI=1S/C16H18N4O3/c1-11(2)19-15(10-12(3)18-19)17-16(21)9-6-13-4-7-14(8-5-13)20(22)23/h4-11H,1-3H3,(H,17,21)/b9-6-. The van der Waals surface area contributed by atoms with Crippen LogP contribution in [0.3, 0.4) is 0 Å². The first-order valence-corrected chi connectivity index (χ1v) is 7.16. The van der Waals surface area contributed by atoms with Gasteiger partial charge >= 0.3 is 0 Å². The van der Waals surface area contributed by atoms with Gasteiger partial charge in [-0.2, -0.15) is 5.10 Å². The summed E-state index contributed by atoms with van der Waals surface area (Å²) < 4.78 is 1.74. The molecular formula is C16H18N4O3. The number of carbonyl (C=O) groups is 1. The van der Waals surface area contributed by atoms with Crippen LogP contribution in [0.25, 0.3) is 6.08 Å². The van der Waals surface area contributed by atoms with Crippen molar-refractivity contribution in [3.8, 4) is 0 Å². The van der Waals surface area contributed by atoms with E-state index in [1.807, 2.05) is 20.8 Å². The molecule has 0 fully saturated rings. The number of rotatable bonds is 5. The van der Waals surface area contributed by atoms with Gasteiger partial charge in [-0.1, -0.05) is 0 Å². The van der Waals surface area contributed by atoms with E-state index in [4.69, 9.17) is 0 Å². The lowest BCUT2D eigenvalue weighted by molar-refractivity contribution is -0.384. The fourth-order valence-electron chi connectivity index (χ4n) is 2.05. The molecule has 7 nitrogen and oxygen atoms in total. The van der Waals surface area contributed by atoms with E-state index in [0.717, 1.165) is 5.69 Å². The lowest BCUT2D eigenvalue weighted by Gasteiger charge is -2.10. The fourth-order valence-corrected chi connectivity index (χ4v) is 2.05. The number of nitro groups is 1. The van der Waals surface area contributed by atoms with E-state index in [0.29, 0.717) is 11.4 Å². The number of anilines is 1. The second kappa shape index (κ2) is 6.87. The van der Waals surface area contributed by atoms with Crippen molar-refractivity contribution in [1.82, 2.24) is 9.78 Å². The molecule has 0 bridgehead atoms. The van der Waals surface area contributed by atoms with Crippen LogP contribution in [0.2, 0.25) is 0 Å². The Bertz CT molecular complexity index is 745. The molecule has 1 aromatic carbocycles. The number of non-ortho nitro benzene ring substituents is 1. The van der Waals surface area contributed by atoms with E-state index >= 15 is 0 Å². The predicted octanol–water partition coefficient (Wildman–Crippen LogP) is 3.33. The lowest BCUT2D eigenvalue weighted by atomic mass is 10.2. The molecule has 0 unspecified atom stereocenters. The zero-order chi connectivity index (χ0) is 17.0. The van der Waals surface area contributed by atoms with Gasteiger partial charge in [0.15, 0.2) is 0 Å². The zero-order valence-electron chi connectivity index (χ0n) is 13.2. The van der Waals surface area contributed by atoms with Gasteiger partial charge in [0, 0.05) is 30.3 Å². The van der Waals surface area contributed by atoms with E-state index in [2.05, 4.69) is 10.4 Å². The molecule has 0 atom stereocenters. The third-order valence-corrected chi connectivity index (χ3v) is 3.13. The van der Waals surface area contributed by atoms with Crippen molar-refractivity contribution in [2.24, 2.45) is 0 Å². The van der Waals surface area contributed by atoms with E-state index in [9.17, 15) is 14.9 Å². The number of benzene rings is 1. The topological polar surface area (TPSA) is 90.1 Å². The highest BCUT2D eigenvalue weighted by Crippen LogP contribution is 2.16. The van der Waals surface area contributed by atoms with E-state index < -0.39 is 4.92 Å². The van der Waals surface area contributed by atoms with Gasteiger partial charge in [-0.15, -0.1) is 0 Å². The number of hydrogen-bond donors (Lipinski definition) is 1. The molecule has 1 heterocycles. The maximum absolute atomic E-state index is 12.0. The number of amides is 1. The Balaban J connectivity index is 2.06. The molecule has 0 saturated carbocycles. The highest BCUT2D eigenvalue weighted by Gasteiger charge is 2.10. The van der Waals surface area contributed by atoms with Gasteiger partial charge in [-0.05, 0) is 44.5 Å². The second-order valence-electron chi connectivity index (χ2n) is 5.38. The van der Waals surface area contributed by atoms with Gasteiger partial charge in [0.1, 0.15) is 5.82 Å². The Morgan fingerprint density at radius 3 is 2.57 bits per heavy atom. The molecule has 2 rings (SSSR count). The number of nitrogens with one attached hydrogen (secondary N) is 1. The fraction of sp³-hybridized carbons (Fsp3) is 0.250. The van der Waals surface area contributed by atoms with Crippen molar-refractivity contribution < 1.29 is 9.72 Å². The van der Waals surface area contributed by atoms with Crippen LogP contribution in [-0.2, 0) is 4.79 Å². The summed E-state index contributed by atoms with van der Waals surface area (Å²) in [6, 6.07) is 7.91. The number of aromatic nitrogens is 2. The number of nitrogens with zero attached hydrogens (tertiary/aromatic N) is 3. The van der Waals surface area contributed by atoms with Crippen molar-refractivity contribution in [2.45, 2.75) is 26.8 Å². The molecule has 120 valence electrons. The Kier molecular flexibility index (Phi) is 4.90. The third kappa shape index (κ3) is 4.26. The van der Waals surface area contributed by atoms with Gasteiger partial charge in [-0.25, -0.2) is 4.68 Å². The molecule has 0 radical (unpaired) electrons. The Morgan fingerprint density at radius 2 is 2.00 bits per heavy atom. The number of hydrogen-bond acceptors (Lipinski definition) is 4. The summed E-state index contributed by atoms with van der Waals surface area (Å²) in [4.78, 5) is 22.1. The van der Waals surface area contributed by atoms with Crippen molar-refractivity contribution in [3.63, 3.8) is 0 Å². The molecule has 0 aliphatic carbocycles. The van der Waals surface area contributed by atoms with Crippen LogP contribution in [0, 0.1) is 17.0 Å². The molecular weight excluding hydrogens is 296 g/mol. The summed E-state index contributed by atoms with van der Waals surface area (Å²) in [6.07, 6.45) is 2.98. The Hall–Kier alpha value is -2.96. The quantitative estimate of drug-likeness (QED) is 0.520. The molecule has 2 aromatic rings. The predicted molar refractivity (Wildman–Crippen MR) is 88.1 cm³/mol. The van der Waals surface area contributed by atoms with Crippen LogP contribution in [0.5, 0.6) is 0 Å². The highest BCUT2D eigenvalue weighted by molar-refractivity contribution is 6.01. The largest absolute Gasteiger partial charge is 0.307 e. The minimum absolute atomic E-state index is 0.0166. The van der Waals surface area contributed by atoms with Crippen LogP contribution in [0.1, 0.15) is 31.1 Å². The third-order valence-electron chi connectivity index (χ3n) is 3.13.